The number of anilines is 1. The maximum Gasteiger partial charge on any atom is 0.249 e. The first-order valence-electron chi connectivity index (χ1n) is 7.09. The van der Waals surface area contributed by atoms with E-state index in [1.807, 2.05) is 0 Å². The molecule has 0 radical (unpaired) electrons. The number of amides is 2. The van der Waals surface area contributed by atoms with E-state index in [0.717, 1.165) is 0 Å². The highest BCUT2D eigenvalue weighted by Gasteiger charge is 2.09. The minimum Gasteiger partial charge on any atom is -0.497 e. The molecule has 0 fully saturated rings. The highest BCUT2D eigenvalue weighted by Crippen LogP contribution is 2.16. The Kier molecular flexibility index (Phi) is 6.33. The Morgan fingerprint density at radius 2 is 1.96 bits per heavy atom. The molecule has 0 aliphatic heterocycles. The molecular weight excluding hydrogens is 330 g/mol. The summed E-state index contributed by atoms with van der Waals surface area (Å²) in [6, 6.07) is 13.9. The predicted octanol–water partition coefficient (Wildman–Crippen LogP) is 2.83. The van der Waals surface area contributed by atoms with Gasteiger partial charge in [-0.15, -0.1) is 0 Å². The van der Waals surface area contributed by atoms with Crippen molar-refractivity contribution in [3.8, 4) is 5.75 Å². The number of nitrogens with zero attached hydrogens (tertiary/aromatic N) is 1. The highest BCUT2D eigenvalue weighted by atomic mass is 35.5. The molecular formula is C17H16ClN3O3. The minimum absolute atomic E-state index is 0.350. The van der Waals surface area contributed by atoms with Crippen molar-refractivity contribution in [2.24, 2.45) is 5.10 Å². The largest absolute Gasteiger partial charge is 0.497 e. The van der Waals surface area contributed by atoms with Gasteiger partial charge in [0.25, 0.3) is 0 Å². The van der Waals surface area contributed by atoms with Gasteiger partial charge in [0.05, 0.1) is 13.3 Å². The van der Waals surface area contributed by atoms with Crippen LogP contribution in [0.4, 0.5) is 5.69 Å². The third-order valence-electron chi connectivity index (χ3n) is 2.97. The van der Waals surface area contributed by atoms with Crippen molar-refractivity contribution in [1.29, 1.82) is 0 Å². The van der Waals surface area contributed by atoms with Gasteiger partial charge in [-0.25, -0.2) is 5.43 Å². The van der Waals surface area contributed by atoms with Gasteiger partial charge in [-0.3, -0.25) is 9.59 Å². The second-order valence-corrected chi connectivity index (χ2v) is 5.18. The summed E-state index contributed by atoms with van der Waals surface area (Å²) in [5.41, 5.74) is 3.50. The van der Waals surface area contributed by atoms with Crippen LogP contribution in [0.15, 0.2) is 53.6 Å². The fourth-order valence-corrected chi connectivity index (χ4v) is 2.03. The third kappa shape index (κ3) is 5.40. The molecule has 0 aliphatic rings. The van der Waals surface area contributed by atoms with Gasteiger partial charge in [-0.2, -0.15) is 5.10 Å². The number of carbonyl (C=O) groups is 2. The quantitative estimate of drug-likeness (QED) is 0.480. The SMILES string of the molecule is COc1cccc(NC(=O)CC(=O)NN=Cc2ccccc2Cl)c1. The number of hydrogen-bond donors (Lipinski definition) is 2. The molecule has 124 valence electrons. The monoisotopic (exact) mass is 345 g/mol. The fourth-order valence-electron chi connectivity index (χ4n) is 1.84. The lowest BCUT2D eigenvalue weighted by Gasteiger charge is -2.06. The molecule has 6 nitrogen and oxygen atoms in total. The van der Waals surface area contributed by atoms with Crippen LogP contribution in [0, 0.1) is 0 Å². The predicted molar refractivity (Wildman–Crippen MR) is 93.4 cm³/mol. The van der Waals surface area contributed by atoms with Crippen LogP contribution in [0.2, 0.25) is 5.02 Å². The Balaban J connectivity index is 1.83. The number of halogens is 1. The number of hydrogen-bond acceptors (Lipinski definition) is 4. The summed E-state index contributed by atoms with van der Waals surface area (Å²) in [5, 5.41) is 6.91. The van der Waals surface area contributed by atoms with E-state index < -0.39 is 11.8 Å². The maximum absolute atomic E-state index is 11.8. The van der Waals surface area contributed by atoms with Crippen LogP contribution in [0.3, 0.4) is 0 Å². The first-order chi connectivity index (χ1) is 11.6. The Hall–Kier alpha value is -2.86. The lowest BCUT2D eigenvalue weighted by Crippen LogP contribution is -2.24. The molecule has 2 rings (SSSR count). The lowest BCUT2D eigenvalue weighted by molar-refractivity contribution is -0.126. The van der Waals surface area contributed by atoms with Crippen LogP contribution in [0.1, 0.15) is 12.0 Å². The van der Waals surface area contributed by atoms with E-state index in [1.165, 1.54) is 13.3 Å². The fraction of sp³-hybridized carbons (Fsp3) is 0.118. The molecule has 0 saturated carbocycles. The van der Waals surface area contributed by atoms with E-state index in [-0.39, 0.29) is 6.42 Å². The van der Waals surface area contributed by atoms with Crippen LogP contribution in [0.25, 0.3) is 0 Å². The second kappa shape index (κ2) is 8.69. The van der Waals surface area contributed by atoms with Crippen LogP contribution in [-0.2, 0) is 9.59 Å². The Morgan fingerprint density at radius 3 is 2.71 bits per heavy atom. The zero-order valence-electron chi connectivity index (χ0n) is 13.0. The number of hydrazone groups is 1. The normalized spacial score (nSPS) is 10.4. The van der Waals surface area contributed by atoms with Gasteiger partial charge in [0.1, 0.15) is 12.2 Å². The Bertz CT molecular complexity index is 762. The van der Waals surface area contributed by atoms with E-state index >= 15 is 0 Å². The average molecular weight is 346 g/mol. The Labute approximate surface area is 144 Å². The molecule has 2 amide bonds. The number of ether oxygens (including phenoxy) is 1. The summed E-state index contributed by atoms with van der Waals surface area (Å²) in [7, 11) is 1.53. The van der Waals surface area contributed by atoms with Gasteiger partial charge >= 0.3 is 0 Å². The number of carbonyl (C=O) groups excluding carboxylic acids is 2. The summed E-state index contributed by atoms with van der Waals surface area (Å²) in [6.45, 7) is 0. The molecule has 0 atom stereocenters. The molecule has 0 aliphatic carbocycles. The molecule has 0 saturated heterocycles. The van der Waals surface area contributed by atoms with Crippen molar-refractivity contribution >= 4 is 35.3 Å². The van der Waals surface area contributed by atoms with Gasteiger partial charge in [0.2, 0.25) is 11.8 Å². The van der Waals surface area contributed by atoms with Crippen molar-refractivity contribution in [2.45, 2.75) is 6.42 Å². The van der Waals surface area contributed by atoms with Crippen LogP contribution >= 0.6 is 11.6 Å². The topological polar surface area (TPSA) is 79.8 Å². The molecule has 0 aromatic heterocycles. The van der Waals surface area contributed by atoms with Gasteiger partial charge in [-0.05, 0) is 18.2 Å². The van der Waals surface area contributed by atoms with Gasteiger partial charge in [-0.1, -0.05) is 35.9 Å². The van der Waals surface area contributed by atoms with E-state index in [0.29, 0.717) is 22.0 Å². The van der Waals surface area contributed by atoms with E-state index in [4.69, 9.17) is 16.3 Å². The smallest absolute Gasteiger partial charge is 0.249 e. The average Bonchev–Trinajstić information content (AvgIpc) is 2.56. The van der Waals surface area contributed by atoms with E-state index in [2.05, 4.69) is 15.8 Å². The van der Waals surface area contributed by atoms with Crippen molar-refractivity contribution in [2.75, 3.05) is 12.4 Å². The second-order valence-electron chi connectivity index (χ2n) is 4.77. The van der Waals surface area contributed by atoms with Gasteiger partial charge in [0, 0.05) is 22.3 Å². The number of rotatable bonds is 6. The summed E-state index contributed by atoms with van der Waals surface area (Å²) in [4.78, 5) is 23.5. The van der Waals surface area contributed by atoms with Crippen molar-refractivity contribution < 1.29 is 14.3 Å². The molecule has 2 aromatic rings. The molecule has 7 heteroatoms. The number of nitrogens with one attached hydrogen (secondary N) is 2. The summed E-state index contributed by atoms with van der Waals surface area (Å²) in [5.74, 6) is -0.367. The summed E-state index contributed by atoms with van der Waals surface area (Å²) >= 11 is 5.96. The van der Waals surface area contributed by atoms with Crippen LogP contribution in [0.5, 0.6) is 5.75 Å². The first-order valence-corrected chi connectivity index (χ1v) is 7.46. The van der Waals surface area contributed by atoms with E-state index in [1.54, 1.807) is 48.5 Å². The lowest BCUT2D eigenvalue weighted by atomic mass is 10.2. The first kappa shape index (κ1) is 17.5. The summed E-state index contributed by atoms with van der Waals surface area (Å²) < 4.78 is 5.06. The molecule has 0 spiro atoms. The van der Waals surface area contributed by atoms with Crippen LogP contribution in [-0.4, -0.2) is 25.1 Å². The van der Waals surface area contributed by atoms with Gasteiger partial charge < -0.3 is 10.1 Å². The minimum atomic E-state index is -0.529. The molecule has 2 aromatic carbocycles. The van der Waals surface area contributed by atoms with Crippen molar-refractivity contribution in [3.63, 3.8) is 0 Å². The molecule has 0 heterocycles. The van der Waals surface area contributed by atoms with Crippen molar-refractivity contribution in [3.05, 3.63) is 59.1 Å². The summed E-state index contributed by atoms with van der Waals surface area (Å²) in [6.07, 6.45) is 1.07. The maximum atomic E-state index is 11.8. The highest BCUT2D eigenvalue weighted by molar-refractivity contribution is 6.33. The van der Waals surface area contributed by atoms with Gasteiger partial charge in [0.15, 0.2) is 0 Å². The number of methoxy groups -OCH3 is 1. The molecule has 2 N–H and O–H groups in total. The molecule has 0 bridgehead atoms. The zero-order chi connectivity index (χ0) is 17.4. The standard InChI is InChI=1S/C17H16ClN3O3/c1-24-14-7-4-6-13(9-14)20-16(22)10-17(23)21-19-11-12-5-2-3-8-15(12)18/h2-9,11H,10H2,1H3,(H,20,22)(H,21,23). The number of benzene rings is 2. The van der Waals surface area contributed by atoms with Crippen LogP contribution < -0.4 is 15.5 Å². The Morgan fingerprint density at radius 1 is 1.17 bits per heavy atom. The molecule has 0 unspecified atom stereocenters. The molecule has 24 heavy (non-hydrogen) atoms. The van der Waals surface area contributed by atoms with E-state index in [9.17, 15) is 9.59 Å². The van der Waals surface area contributed by atoms with Crippen molar-refractivity contribution in [1.82, 2.24) is 5.43 Å². The zero-order valence-corrected chi connectivity index (χ0v) is 13.7. The third-order valence-corrected chi connectivity index (χ3v) is 3.32.